The van der Waals surface area contributed by atoms with Crippen molar-refractivity contribution in [1.29, 1.82) is 0 Å². The lowest BCUT2D eigenvalue weighted by molar-refractivity contribution is -0.121. The second-order valence-electron chi connectivity index (χ2n) is 8.59. The van der Waals surface area contributed by atoms with Crippen LogP contribution in [0.3, 0.4) is 0 Å². The van der Waals surface area contributed by atoms with Crippen molar-refractivity contribution in [2.45, 2.75) is 47.0 Å². The quantitative estimate of drug-likeness (QED) is 0.367. The van der Waals surface area contributed by atoms with Crippen LogP contribution < -0.4 is 9.80 Å². The fourth-order valence-corrected chi connectivity index (χ4v) is 3.47. The third-order valence-corrected chi connectivity index (χ3v) is 5.49. The van der Waals surface area contributed by atoms with E-state index >= 15 is 0 Å². The van der Waals surface area contributed by atoms with Gasteiger partial charge in [0, 0.05) is 24.3 Å². The Morgan fingerprint density at radius 2 is 0.692 bits per heavy atom. The average Bonchev–Trinajstić information content (AvgIpc) is 3.49. The molecule has 3 aromatic rings. The number of hydrogen-bond acceptors (Lipinski definition) is 4. The van der Waals surface area contributed by atoms with Gasteiger partial charge in [-0.25, -0.2) is 9.80 Å². The van der Waals surface area contributed by atoms with Crippen molar-refractivity contribution in [3.05, 3.63) is 120 Å². The fraction of sp³-hybridized carbons (Fsp3) is 0.212. The summed E-state index contributed by atoms with van der Waals surface area (Å²) in [5, 5.41) is 0. The normalized spacial score (nSPS) is 13.3. The molecule has 6 nitrogen and oxygen atoms in total. The molecule has 0 unspecified atom stereocenters. The number of nitrogens with zero attached hydrogens (tertiary/aromatic N) is 2. The van der Waals surface area contributed by atoms with Gasteiger partial charge in [-0.3, -0.25) is 19.2 Å². The van der Waals surface area contributed by atoms with Crippen LogP contribution in [-0.2, 0) is 32.0 Å². The van der Waals surface area contributed by atoms with Gasteiger partial charge in [-0.05, 0) is 48.2 Å². The van der Waals surface area contributed by atoms with E-state index in [0.717, 1.165) is 22.6 Å². The summed E-state index contributed by atoms with van der Waals surface area (Å²) >= 11 is 0. The third-order valence-electron chi connectivity index (χ3n) is 5.49. The molecule has 3 aromatic carbocycles. The van der Waals surface area contributed by atoms with Crippen LogP contribution in [0.25, 0.3) is 0 Å². The van der Waals surface area contributed by atoms with Crippen LogP contribution >= 0.6 is 0 Å². The third kappa shape index (κ3) is 9.34. The number of imide groups is 2. The van der Waals surface area contributed by atoms with Crippen molar-refractivity contribution in [3.8, 4) is 0 Å². The second-order valence-corrected chi connectivity index (χ2v) is 8.59. The zero-order chi connectivity index (χ0) is 28.6. The first kappa shape index (κ1) is 30.6. The van der Waals surface area contributed by atoms with E-state index in [1.807, 2.05) is 12.1 Å². The molecule has 0 fully saturated rings. The molecular weight excluding hydrogens is 488 g/mol. The van der Waals surface area contributed by atoms with Gasteiger partial charge >= 0.3 is 0 Å². The number of benzene rings is 3. The maximum absolute atomic E-state index is 11.2. The first-order valence-electron chi connectivity index (χ1n) is 13.2. The number of carbonyl (C=O) groups is 4. The topological polar surface area (TPSA) is 74.8 Å². The van der Waals surface area contributed by atoms with Gasteiger partial charge in [-0.2, -0.15) is 0 Å². The number of amides is 4. The van der Waals surface area contributed by atoms with Gasteiger partial charge in [0.25, 0.3) is 23.6 Å². The van der Waals surface area contributed by atoms with E-state index in [2.05, 4.69) is 52.0 Å². The van der Waals surface area contributed by atoms with Crippen LogP contribution in [0.15, 0.2) is 109 Å². The van der Waals surface area contributed by atoms with E-state index in [1.54, 1.807) is 48.5 Å². The molecule has 0 N–H and O–H groups in total. The monoisotopic (exact) mass is 524 g/mol. The Hall–Kier alpha value is -4.58. The van der Waals surface area contributed by atoms with Crippen molar-refractivity contribution >= 4 is 35.0 Å². The number of rotatable bonds is 4. The number of para-hydroxylation sites is 2. The molecule has 0 bridgehead atoms. The van der Waals surface area contributed by atoms with Crippen LogP contribution in [0.2, 0.25) is 0 Å². The molecule has 39 heavy (non-hydrogen) atoms. The van der Waals surface area contributed by atoms with Crippen molar-refractivity contribution in [2.75, 3.05) is 9.80 Å². The first-order chi connectivity index (χ1) is 18.9. The molecule has 0 atom stereocenters. The van der Waals surface area contributed by atoms with Crippen LogP contribution in [0, 0.1) is 0 Å². The molecular formula is C33H36N2O4. The summed E-state index contributed by atoms with van der Waals surface area (Å²) in [4.78, 5) is 47.1. The summed E-state index contributed by atoms with van der Waals surface area (Å²) in [5.74, 6) is -1.13. The van der Waals surface area contributed by atoms with Crippen molar-refractivity contribution in [3.63, 3.8) is 0 Å². The van der Waals surface area contributed by atoms with Gasteiger partial charge in [0.05, 0.1) is 11.4 Å². The summed E-state index contributed by atoms with van der Waals surface area (Å²) in [5.41, 5.74) is 4.08. The molecule has 0 radical (unpaired) electrons. The predicted molar refractivity (Wildman–Crippen MR) is 157 cm³/mol. The number of anilines is 2. The van der Waals surface area contributed by atoms with Gasteiger partial charge in [0.1, 0.15) is 0 Å². The minimum Gasteiger partial charge on any atom is -0.269 e. The molecule has 5 rings (SSSR count). The van der Waals surface area contributed by atoms with E-state index < -0.39 is 0 Å². The van der Waals surface area contributed by atoms with Gasteiger partial charge in [-0.15, -0.1) is 0 Å². The van der Waals surface area contributed by atoms with Gasteiger partial charge < -0.3 is 0 Å². The Labute approximate surface area is 231 Å². The van der Waals surface area contributed by atoms with Gasteiger partial charge in [-0.1, -0.05) is 94.8 Å². The highest BCUT2D eigenvalue weighted by atomic mass is 16.2. The van der Waals surface area contributed by atoms with Gasteiger partial charge in [0.2, 0.25) is 0 Å². The second kappa shape index (κ2) is 16.3. The lowest BCUT2D eigenvalue weighted by Gasteiger charge is -2.12. The maximum atomic E-state index is 11.2. The van der Waals surface area contributed by atoms with E-state index in [9.17, 15) is 19.2 Å². The summed E-state index contributed by atoms with van der Waals surface area (Å²) in [6, 6.07) is 26.5. The zero-order valence-electron chi connectivity index (χ0n) is 23.0. The highest BCUT2D eigenvalue weighted by Crippen LogP contribution is 2.18. The summed E-state index contributed by atoms with van der Waals surface area (Å²) in [6.45, 7) is 8.61. The minimum absolute atomic E-state index is 0.281. The summed E-state index contributed by atoms with van der Waals surface area (Å²) < 4.78 is 0. The molecule has 2 aliphatic heterocycles. The molecule has 0 saturated heterocycles. The number of carbonyl (C=O) groups excluding carboxylic acids is 4. The predicted octanol–water partition coefficient (Wildman–Crippen LogP) is 6.46. The van der Waals surface area contributed by atoms with Crippen molar-refractivity contribution in [1.82, 2.24) is 0 Å². The maximum Gasteiger partial charge on any atom is 0.258 e. The van der Waals surface area contributed by atoms with Crippen LogP contribution in [0.5, 0.6) is 0 Å². The Kier molecular flexibility index (Phi) is 12.8. The summed E-state index contributed by atoms with van der Waals surface area (Å²) in [7, 11) is 0. The zero-order valence-corrected chi connectivity index (χ0v) is 23.0. The van der Waals surface area contributed by atoms with E-state index in [4.69, 9.17) is 0 Å². The van der Waals surface area contributed by atoms with Crippen molar-refractivity contribution < 1.29 is 19.2 Å². The SMILES string of the molecule is CCC.CCc1ccc(CC)cc1.O=C1C=CC(=O)N1c1ccccc1.O=C1C=CC(=O)N1c1ccccc1. The molecule has 0 spiro atoms. The molecule has 0 aliphatic carbocycles. The number of aryl methyl sites for hydroxylation is 2. The fourth-order valence-electron chi connectivity index (χ4n) is 3.47. The first-order valence-corrected chi connectivity index (χ1v) is 13.2. The standard InChI is InChI=1S/2C10H7NO2.C10H14.C3H8/c2*12-9-6-7-10(13)11(9)8-4-2-1-3-5-8;1-3-9-5-7-10(4-2)8-6-9;1-3-2/h2*1-7H;5-8H,3-4H2,1-2H3;3H2,1-2H3. The lowest BCUT2D eigenvalue weighted by atomic mass is 10.1. The minimum atomic E-state index is -0.281. The molecule has 0 aromatic heterocycles. The summed E-state index contributed by atoms with van der Waals surface area (Å²) in [6.07, 6.45) is 8.63. The van der Waals surface area contributed by atoms with E-state index in [0.29, 0.717) is 11.4 Å². The average molecular weight is 525 g/mol. The van der Waals surface area contributed by atoms with Crippen molar-refractivity contribution in [2.24, 2.45) is 0 Å². The van der Waals surface area contributed by atoms with Gasteiger partial charge in [0.15, 0.2) is 0 Å². The molecule has 4 amide bonds. The number of hydrogen-bond donors (Lipinski definition) is 0. The Morgan fingerprint density at radius 1 is 0.436 bits per heavy atom. The van der Waals surface area contributed by atoms with E-state index in [-0.39, 0.29) is 23.6 Å². The molecule has 0 saturated carbocycles. The lowest BCUT2D eigenvalue weighted by Crippen LogP contribution is -2.29. The smallest absolute Gasteiger partial charge is 0.258 e. The Bertz CT molecular complexity index is 1140. The molecule has 202 valence electrons. The van der Waals surface area contributed by atoms with Crippen LogP contribution in [-0.4, -0.2) is 23.6 Å². The molecule has 2 heterocycles. The largest absolute Gasteiger partial charge is 0.269 e. The molecule has 6 heteroatoms. The van der Waals surface area contributed by atoms with Crippen LogP contribution in [0.4, 0.5) is 11.4 Å². The van der Waals surface area contributed by atoms with E-state index in [1.165, 1.54) is 41.9 Å². The molecule has 2 aliphatic rings. The Balaban J connectivity index is 0.000000197. The highest BCUT2D eigenvalue weighted by molar-refractivity contribution is 6.28. The van der Waals surface area contributed by atoms with Crippen LogP contribution in [0.1, 0.15) is 45.2 Å². The highest BCUT2D eigenvalue weighted by Gasteiger charge is 2.25. The Morgan fingerprint density at radius 3 is 0.923 bits per heavy atom.